The molecular formula is C32H38N2O11. The van der Waals surface area contributed by atoms with Crippen LogP contribution in [-0.2, 0) is 73.5 Å². The van der Waals surface area contributed by atoms with Gasteiger partial charge in [-0.2, -0.15) is 0 Å². The number of carbonyl (C=O) groups excluding carboxylic acids is 6. The van der Waals surface area contributed by atoms with Gasteiger partial charge in [0.25, 0.3) is 0 Å². The van der Waals surface area contributed by atoms with Gasteiger partial charge in [0, 0.05) is 30.5 Å². The summed E-state index contributed by atoms with van der Waals surface area (Å²) in [5.41, 5.74) is 1.34. The van der Waals surface area contributed by atoms with E-state index in [1.807, 2.05) is 18.2 Å². The molecule has 1 atom stereocenters. The summed E-state index contributed by atoms with van der Waals surface area (Å²) in [7, 11) is 4.92. The molecule has 0 radical (unpaired) electrons. The number of aromatic amines is 1. The molecule has 3 rings (SSSR count). The highest BCUT2D eigenvalue weighted by atomic mass is 16.5. The van der Waals surface area contributed by atoms with Crippen molar-refractivity contribution in [2.75, 3.05) is 28.4 Å². The smallest absolute Gasteiger partial charge is 0.355 e. The summed E-state index contributed by atoms with van der Waals surface area (Å²) < 4.78 is 24.9. The van der Waals surface area contributed by atoms with Gasteiger partial charge < -0.3 is 34.0 Å². The second-order valence-corrected chi connectivity index (χ2v) is 10.6. The van der Waals surface area contributed by atoms with E-state index >= 15 is 0 Å². The number of hydrogen-bond donors (Lipinski definition) is 2. The standard InChI is InChI=1S/C32H38N2O11/c1-32(23(16-28(38)44-5)21(30(39)34-32)12-14-26(36)42-3)17-24-22(15-27(37)43-4)20(11-13-25(35)41-2)29(33-24)31(40)45-18-19-9-7-6-8-10-19/h6-10,33H,11-18H2,1-5H3,(H,34,39)/t32-/m1/s1. The molecule has 0 saturated heterocycles. The number of nitrogens with one attached hydrogen (secondary N) is 2. The van der Waals surface area contributed by atoms with Gasteiger partial charge in [0.2, 0.25) is 5.91 Å². The van der Waals surface area contributed by atoms with Gasteiger partial charge in [-0.1, -0.05) is 30.3 Å². The number of hydrogen-bond acceptors (Lipinski definition) is 11. The Balaban J connectivity index is 2.10. The van der Waals surface area contributed by atoms with E-state index in [9.17, 15) is 28.8 Å². The Morgan fingerprint density at radius 3 is 1.93 bits per heavy atom. The van der Waals surface area contributed by atoms with E-state index in [1.165, 1.54) is 28.4 Å². The molecule has 0 unspecified atom stereocenters. The fourth-order valence-electron chi connectivity index (χ4n) is 5.28. The van der Waals surface area contributed by atoms with Gasteiger partial charge in [0.15, 0.2) is 0 Å². The minimum absolute atomic E-state index is 0.00366. The average Bonchev–Trinajstić information content (AvgIpc) is 3.48. The number of H-pyrrole nitrogens is 1. The van der Waals surface area contributed by atoms with Crippen molar-refractivity contribution in [3.8, 4) is 0 Å². The quantitative estimate of drug-likeness (QED) is 0.219. The molecule has 242 valence electrons. The Bertz CT molecular complexity index is 1480. The van der Waals surface area contributed by atoms with E-state index in [-0.39, 0.29) is 62.8 Å². The lowest BCUT2D eigenvalue weighted by atomic mass is 9.83. The van der Waals surface area contributed by atoms with Gasteiger partial charge in [-0.15, -0.1) is 0 Å². The van der Waals surface area contributed by atoms with Crippen LogP contribution in [0.5, 0.6) is 0 Å². The number of amides is 1. The molecule has 13 nitrogen and oxygen atoms in total. The largest absolute Gasteiger partial charge is 0.469 e. The molecule has 0 bridgehead atoms. The van der Waals surface area contributed by atoms with Gasteiger partial charge in [-0.3, -0.25) is 24.0 Å². The first-order chi connectivity index (χ1) is 21.5. The van der Waals surface area contributed by atoms with E-state index in [4.69, 9.17) is 23.7 Å². The zero-order valence-corrected chi connectivity index (χ0v) is 26.0. The highest BCUT2D eigenvalue weighted by Gasteiger charge is 2.43. The lowest BCUT2D eigenvalue weighted by Crippen LogP contribution is -2.44. The second kappa shape index (κ2) is 15.7. The number of methoxy groups -OCH3 is 4. The molecule has 13 heteroatoms. The molecule has 0 fully saturated rings. The number of carbonyl (C=O) groups is 6. The van der Waals surface area contributed by atoms with Gasteiger partial charge in [0.05, 0.1) is 46.8 Å². The number of ether oxygens (including phenoxy) is 5. The monoisotopic (exact) mass is 626 g/mol. The summed E-state index contributed by atoms with van der Waals surface area (Å²) in [6, 6.07) is 9.04. The first-order valence-electron chi connectivity index (χ1n) is 14.2. The fourth-order valence-corrected chi connectivity index (χ4v) is 5.28. The normalized spacial score (nSPS) is 15.7. The van der Waals surface area contributed by atoms with Crippen molar-refractivity contribution in [2.24, 2.45) is 0 Å². The summed E-state index contributed by atoms with van der Waals surface area (Å²) in [6.07, 6.45) is -0.663. The number of benzene rings is 1. The summed E-state index contributed by atoms with van der Waals surface area (Å²) in [5.74, 6) is -3.47. The molecule has 1 aromatic heterocycles. The van der Waals surface area contributed by atoms with Crippen LogP contribution in [0.4, 0.5) is 0 Å². The zero-order chi connectivity index (χ0) is 33.1. The number of rotatable bonds is 15. The third-order valence-corrected chi connectivity index (χ3v) is 7.66. The zero-order valence-electron chi connectivity index (χ0n) is 26.0. The second-order valence-electron chi connectivity index (χ2n) is 10.6. The van der Waals surface area contributed by atoms with E-state index in [0.29, 0.717) is 22.4 Å². The van der Waals surface area contributed by atoms with Crippen LogP contribution in [0.3, 0.4) is 0 Å². The topological polar surface area (TPSA) is 176 Å². The molecule has 2 aromatic rings. The molecular weight excluding hydrogens is 588 g/mol. The van der Waals surface area contributed by atoms with Crippen molar-refractivity contribution >= 4 is 35.8 Å². The van der Waals surface area contributed by atoms with Gasteiger partial charge in [0.1, 0.15) is 12.3 Å². The molecule has 1 aliphatic heterocycles. The highest BCUT2D eigenvalue weighted by Crippen LogP contribution is 2.37. The van der Waals surface area contributed by atoms with Gasteiger partial charge >= 0.3 is 29.8 Å². The van der Waals surface area contributed by atoms with Crippen LogP contribution in [0.25, 0.3) is 0 Å². The predicted molar refractivity (Wildman–Crippen MR) is 158 cm³/mol. The SMILES string of the molecule is COC(=O)CCC1=C(CC(=O)OC)[C@@](C)(Cc2[nH]c(C(=O)OCc3ccccc3)c(CCC(=O)OC)c2CC(=O)OC)NC1=O. The Hall–Kier alpha value is -4.94. The summed E-state index contributed by atoms with van der Waals surface area (Å²) in [4.78, 5) is 78.8. The van der Waals surface area contributed by atoms with E-state index < -0.39 is 41.3 Å². The Kier molecular flexibility index (Phi) is 12.0. The lowest BCUT2D eigenvalue weighted by molar-refractivity contribution is -0.141. The van der Waals surface area contributed by atoms with Crippen LogP contribution in [0.15, 0.2) is 41.5 Å². The first kappa shape index (κ1) is 34.5. The van der Waals surface area contributed by atoms with Crippen LogP contribution in [0.1, 0.15) is 65.5 Å². The first-order valence-corrected chi connectivity index (χ1v) is 14.2. The summed E-state index contributed by atoms with van der Waals surface area (Å²) >= 11 is 0. The number of esters is 5. The Morgan fingerprint density at radius 2 is 1.33 bits per heavy atom. The van der Waals surface area contributed by atoms with Crippen LogP contribution >= 0.6 is 0 Å². The molecule has 45 heavy (non-hydrogen) atoms. The molecule has 1 amide bonds. The maximum Gasteiger partial charge on any atom is 0.355 e. The van der Waals surface area contributed by atoms with Crippen molar-refractivity contribution in [3.05, 3.63) is 69.6 Å². The van der Waals surface area contributed by atoms with Gasteiger partial charge in [-0.05, 0) is 42.0 Å². The third kappa shape index (κ3) is 8.80. The minimum Gasteiger partial charge on any atom is -0.469 e. The third-order valence-electron chi connectivity index (χ3n) is 7.66. The van der Waals surface area contributed by atoms with Crippen molar-refractivity contribution in [3.63, 3.8) is 0 Å². The Morgan fingerprint density at radius 1 is 0.756 bits per heavy atom. The molecule has 0 aliphatic carbocycles. The molecule has 2 heterocycles. The average molecular weight is 627 g/mol. The predicted octanol–water partition coefficient (Wildman–Crippen LogP) is 2.44. The lowest BCUT2D eigenvalue weighted by Gasteiger charge is -2.28. The molecule has 2 N–H and O–H groups in total. The summed E-state index contributed by atoms with van der Waals surface area (Å²) in [5, 5.41) is 2.91. The van der Waals surface area contributed by atoms with Crippen LogP contribution in [0, 0.1) is 0 Å². The van der Waals surface area contributed by atoms with E-state index in [2.05, 4.69) is 10.3 Å². The van der Waals surface area contributed by atoms with Crippen molar-refractivity contribution < 1.29 is 52.5 Å². The molecule has 1 aliphatic rings. The minimum atomic E-state index is -1.20. The molecule has 0 spiro atoms. The molecule has 0 saturated carbocycles. The Labute approximate surface area is 260 Å². The highest BCUT2D eigenvalue weighted by molar-refractivity contribution is 6.00. The van der Waals surface area contributed by atoms with Crippen LogP contribution in [-0.4, -0.2) is 74.7 Å². The van der Waals surface area contributed by atoms with Gasteiger partial charge in [-0.25, -0.2) is 4.79 Å². The number of aromatic nitrogens is 1. The maximum atomic E-state index is 13.5. The van der Waals surface area contributed by atoms with Crippen LogP contribution in [0.2, 0.25) is 0 Å². The molecule has 1 aromatic carbocycles. The van der Waals surface area contributed by atoms with Crippen LogP contribution < -0.4 is 5.32 Å². The summed E-state index contributed by atoms with van der Waals surface area (Å²) in [6.45, 7) is 1.67. The van der Waals surface area contributed by atoms with Crippen molar-refractivity contribution in [2.45, 2.75) is 64.0 Å². The van der Waals surface area contributed by atoms with Crippen molar-refractivity contribution in [1.29, 1.82) is 0 Å². The fraction of sp³-hybridized carbons (Fsp3) is 0.438. The maximum absolute atomic E-state index is 13.5. The van der Waals surface area contributed by atoms with E-state index in [1.54, 1.807) is 19.1 Å². The van der Waals surface area contributed by atoms with E-state index in [0.717, 1.165) is 5.56 Å². The van der Waals surface area contributed by atoms with Crippen molar-refractivity contribution in [1.82, 2.24) is 10.3 Å².